The molecule has 0 aromatic carbocycles. The molecule has 0 radical (unpaired) electrons. The number of aromatic nitrogens is 3. The number of rotatable bonds is 6. The molecule has 1 aliphatic rings. The van der Waals surface area contributed by atoms with Gasteiger partial charge >= 0.3 is 0 Å². The smallest absolute Gasteiger partial charge is 0.0964 e. The van der Waals surface area contributed by atoms with Crippen molar-refractivity contribution < 1.29 is 5.11 Å². The van der Waals surface area contributed by atoms with Crippen molar-refractivity contribution in [2.75, 3.05) is 6.61 Å². The number of aryl methyl sites for hydroxylation is 1. The highest BCUT2D eigenvalue weighted by Gasteiger charge is 2.18. The molecule has 102 valence electrons. The summed E-state index contributed by atoms with van der Waals surface area (Å²) in [5.74, 6) is 0. The topological polar surface area (TPSA) is 89.0 Å². The zero-order valence-electron chi connectivity index (χ0n) is 10.8. The molecule has 2 rings (SSSR count). The van der Waals surface area contributed by atoms with Gasteiger partial charge in [0.2, 0.25) is 0 Å². The fourth-order valence-corrected chi connectivity index (χ4v) is 2.33. The van der Waals surface area contributed by atoms with Crippen molar-refractivity contribution in [2.45, 2.75) is 57.3 Å². The van der Waals surface area contributed by atoms with E-state index in [0.717, 1.165) is 50.9 Å². The highest BCUT2D eigenvalue weighted by molar-refractivity contribution is 4.92. The van der Waals surface area contributed by atoms with Crippen LogP contribution in [-0.4, -0.2) is 38.8 Å². The number of aliphatic hydroxyl groups excluding tert-OH is 1. The lowest BCUT2D eigenvalue weighted by atomic mass is 9.92. The Balaban J connectivity index is 1.71. The molecule has 0 saturated heterocycles. The van der Waals surface area contributed by atoms with E-state index in [-0.39, 0.29) is 6.61 Å². The summed E-state index contributed by atoms with van der Waals surface area (Å²) in [5.41, 5.74) is 6.84. The molecule has 1 aliphatic carbocycles. The van der Waals surface area contributed by atoms with Crippen molar-refractivity contribution >= 4 is 0 Å². The first kappa shape index (κ1) is 13.5. The van der Waals surface area contributed by atoms with Gasteiger partial charge in [0, 0.05) is 38.0 Å². The van der Waals surface area contributed by atoms with E-state index in [0.29, 0.717) is 12.1 Å². The second-order valence-corrected chi connectivity index (χ2v) is 5.04. The molecule has 0 atom stereocenters. The first-order chi connectivity index (χ1) is 8.78. The van der Waals surface area contributed by atoms with Gasteiger partial charge in [0.1, 0.15) is 0 Å². The predicted octanol–water partition coefficient (Wildman–Crippen LogP) is 0.0200. The lowest BCUT2D eigenvalue weighted by Gasteiger charge is -2.26. The third-order valence-corrected chi connectivity index (χ3v) is 3.48. The zero-order chi connectivity index (χ0) is 12.8. The SMILES string of the molecule is NC1CCC(NCc2cn(CCCO)nn2)CC1. The van der Waals surface area contributed by atoms with Crippen LogP contribution in [0.15, 0.2) is 6.20 Å². The quantitative estimate of drug-likeness (QED) is 0.665. The first-order valence-electron chi connectivity index (χ1n) is 6.77. The van der Waals surface area contributed by atoms with E-state index in [1.807, 2.05) is 6.20 Å². The van der Waals surface area contributed by atoms with Crippen molar-refractivity contribution in [1.29, 1.82) is 0 Å². The Hall–Kier alpha value is -0.980. The van der Waals surface area contributed by atoms with E-state index in [9.17, 15) is 0 Å². The zero-order valence-corrected chi connectivity index (χ0v) is 10.8. The number of aliphatic hydroxyl groups is 1. The standard InChI is InChI=1S/C12H23N5O/c13-10-2-4-11(5-3-10)14-8-12-9-17(16-15-12)6-1-7-18/h9-11,14,18H,1-8,13H2. The maximum absolute atomic E-state index is 8.75. The van der Waals surface area contributed by atoms with Crippen molar-refractivity contribution in [2.24, 2.45) is 5.73 Å². The molecule has 18 heavy (non-hydrogen) atoms. The van der Waals surface area contributed by atoms with Crippen LogP contribution in [0.1, 0.15) is 37.8 Å². The van der Waals surface area contributed by atoms with E-state index in [1.165, 1.54) is 0 Å². The summed E-state index contributed by atoms with van der Waals surface area (Å²) < 4.78 is 1.78. The Morgan fingerprint density at radius 1 is 1.39 bits per heavy atom. The van der Waals surface area contributed by atoms with Gasteiger partial charge in [-0.15, -0.1) is 5.10 Å². The molecular formula is C12H23N5O. The lowest BCUT2D eigenvalue weighted by molar-refractivity contribution is 0.276. The predicted molar refractivity (Wildman–Crippen MR) is 68.8 cm³/mol. The van der Waals surface area contributed by atoms with Gasteiger partial charge in [-0.25, -0.2) is 0 Å². The Morgan fingerprint density at radius 2 is 2.17 bits per heavy atom. The molecule has 1 heterocycles. The second-order valence-electron chi connectivity index (χ2n) is 5.04. The summed E-state index contributed by atoms with van der Waals surface area (Å²) in [5, 5.41) is 20.4. The minimum Gasteiger partial charge on any atom is -0.396 e. The van der Waals surface area contributed by atoms with Crippen LogP contribution >= 0.6 is 0 Å². The molecule has 6 heteroatoms. The van der Waals surface area contributed by atoms with E-state index >= 15 is 0 Å². The Kier molecular flexibility index (Phi) is 5.10. The average molecular weight is 253 g/mol. The van der Waals surface area contributed by atoms with Crippen molar-refractivity contribution in [3.05, 3.63) is 11.9 Å². The Labute approximate surface area is 108 Å². The second kappa shape index (κ2) is 6.82. The molecule has 1 fully saturated rings. The first-order valence-corrected chi connectivity index (χ1v) is 6.77. The third kappa shape index (κ3) is 4.04. The number of nitrogens with two attached hydrogens (primary N) is 1. The van der Waals surface area contributed by atoms with Gasteiger partial charge in [-0.05, 0) is 32.1 Å². The molecule has 1 saturated carbocycles. The fourth-order valence-electron chi connectivity index (χ4n) is 2.33. The van der Waals surface area contributed by atoms with Crippen LogP contribution in [-0.2, 0) is 13.1 Å². The lowest BCUT2D eigenvalue weighted by Crippen LogP contribution is -2.37. The summed E-state index contributed by atoms with van der Waals surface area (Å²) in [6.07, 6.45) is 7.19. The van der Waals surface area contributed by atoms with Gasteiger partial charge < -0.3 is 16.2 Å². The molecule has 6 nitrogen and oxygen atoms in total. The van der Waals surface area contributed by atoms with Crippen LogP contribution in [0.3, 0.4) is 0 Å². The van der Waals surface area contributed by atoms with E-state index in [1.54, 1.807) is 4.68 Å². The maximum Gasteiger partial charge on any atom is 0.0964 e. The van der Waals surface area contributed by atoms with Gasteiger partial charge in [-0.1, -0.05) is 5.21 Å². The Morgan fingerprint density at radius 3 is 2.89 bits per heavy atom. The van der Waals surface area contributed by atoms with Crippen LogP contribution in [0, 0.1) is 0 Å². The van der Waals surface area contributed by atoms with Crippen molar-refractivity contribution in [1.82, 2.24) is 20.3 Å². The summed E-state index contributed by atoms with van der Waals surface area (Å²) in [6, 6.07) is 0.954. The summed E-state index contributed by atoms with van der Waals surface area (Å²) in [7, 11) is 0. The summed E-state index contributed by atoms with van der Waals surface area (Å²) in [6.45, 7) is 1.68. The number of nitrogens with zero attached hydrogens (tertiary/aromatic N) is 3. The highest BCUT2D eigenvalue weighted by Crippen LogP contribution is 2.17. The van der Waals surface area contributed by atoms with Crippen LogP contribution < -0.4 is 11.1 Å². The molecule has 0 aliphatic heterocycles. The normalized spacial score (nSPS) is 24.3. The van der Waals surface area contributed by atoms with E-state index in [2.05, 4.69) is 15.6 Å². The maximum atomic E-state index is 8.75. The van der Waals surface area contributed by atoms with Crippen LogP contribution in [0.4, 0.5) is 0 Å². The highest BCUT2D eigenvalue weighted by atomic mass is 16.3. The van der Waals surface area contributed by atoms with E-state index in [4.69, 9.17) is 10.8 Å². The molecule has 0 unspecified atom stereocenters. The molecular weight excluding hydrogens is 230 g/mol. The van der Waals surface area contributed by atoms with Gasteiger partial charge in [0.15, 0.2) is 0 Å². The fraction of sp³-hybridized carbons (Fsp3) is 0.833. The van der Waals surface area contributed by atoms with E-state index < -0.39 is 0 Å². The minimum absolute atomic E-state index is 0.190. The molecule has 0 bridgehead atoms. The molecule has 1 aromatic rings. The summed E-state index contributed by atoms with van der Waals surface area (Å²) in [4.78, 5) is 0. The molecule has 1 aromatic heterocycles. The average Bonchev–Trinajstić information content (AvgIpc) is 2.84. The van der Waals surface area contributed by atoms with Crippen molar-refractivity contribution in [3.8, 4) is 0 Å². The summed E-state index contributed by atoms with van der Waals surface area (Å²) >= 11 is 0. The molecule has 0 spiro atoms. The van der Waals surface area contributed by atoms with Gasteiger partial charge in [-0.3, -0.25) is 4.68 Å². The van der Waals surface area contributed by atoms with Gasteiger partial charge in [0.25, 0.3) is 0 Å². The number of hydrogen-bond donors (Lipinski definition) is 3. The van der Waals surface area contributed by atoms with Crippen molar-refractivity contribution in [3.63, 3.8) is 0 Å². The van der Waals surface area contributed by atoms with Gasteiger partial charge in [-0.2, -0.15) is 0 Å². The monoisotopic (exact) mass is 253 g/mol. The van der Waals surface area contributed by atoms with Crippen LogP contribution in [0.5, 0.6) is 0 Å². The number of nitrogens with one attached hydrogen (secondary N) is 1. The molecule has 4 N–H and O–H groups in total. The van der Waals surface area contributed by atoms with Gasteiger partial charge in [0.05, 0.1) is 5.69 Å². The Bertz CT molecular complexity index is 346. The third-order valence-electron chi connectivity index (χ3n) is 3.48. The minimum atomic E-state index is 0.190. The largest absolute Gasteiger partial charge is 0.396 e. The molecule has 0 amide bonds. The van der Waals surface area contributed by atoms with Crippen LogP contribution in [0.2, 0.25) is 0 Å². The van der Waals surface area contributed by atoms with Crippen LogP contribution in [0.25, 0.3) is 0 Å². The number of hydrogen-bond acceptors (Lipinski definition) is 5.